The summed E-state index contributed by atoms with van der Waals surface area (Å²) in [5, 5.41) is 0. The van der Waals surface area contributed by atoms with Crippen molar-refractivity contribution in [3.05, 3.63) is 119 Å². The van der Waals surface area contributed by atoms with E-state index in [1.165, 1.54) is 20.4 Å². The molecule has 0 fully saturated rings. The van der Waals surface area contributed by atoms with Crippen LogP contribution in [0.1, 0.15) is 49.9 Å². The number of aliphatic imine (C=N–C) groups is 2. The molecule has 0 unspecified atom stereocenters. The normalized spacial score (nSPS) is 18.4. The van der Waals surface area contributed by atoms with Gasteiger partial charge in [-0.2, -0.15) is 0 Å². The molecule has 0 saturated heterocycles. The van der Waals surface area contributed by atoms with Crippen LogP contribution in [0, 0.1) is 25.7 Å². The SMILES string of the molecule is Cc1ccc(S(=O)(=O)N2C[C@H](C(C)C)N=C2c2ccccc2Sc2ccccc2C2=N[C@@H](C(C)C)CN2S(=O)(=O)c2ccc(C)cc2)cc1. The Labute approximate surface area is 295 Å². The zero-order valence-corrected chi connectivity index (χ0v) is 31.1. The van der Waals surface area contributed by atoms with Crippen molar-refractivity contribution in [3.63, 3.8) is 0 Å². The minimum atomic E-state index is -3.90. The van der Waals surface area contributed by atoms with E-state index in [1.807, 2.05) is 90.1 Å². The molecule has 2 aliphatic rings. The lowest BCUT2D eigenvalue weighted by Gasteiger charge is -2.24. The topological polar surface area (TPSA) is 99.5 Å². The summed E-state index contributed by atoms with van der Waals surface area (Å²) < 4.78 is 59.3. The first kappa shape index (κ1) is 34.9. The summed E-state index contributed by atoms with van der Waals surface area (Å²) in [6, 6.07) is 28.7. The largest absolute Gasteiger partial charge is 0.265 e. The van der Waals surface area contributed by atoms with Crippen LogP contribution in [-0.2, 0) is 20.0 Å². The maximum atomic E-state index is 14.1. The molecule has 11 heteroatoms. The average Bonchev–Trinajstić information content (AvgIpc) is 3.73. The van der Waals surface area contributed by atoms with Crippen molar-refractivity contribution in [2.75, 3.05) is 13.1 Å². The Hall–Kier alpha value is -3.93. The van der Waals surface area contributed by atoms with Crippen molar-refractivity contribution in [2.45, 2.75) is 73.2 Å². The van der Waals surface area contributed by atoms with E-state index in [2.05, 4.69) is 0 Å². The van der Waals surface area contributed by atoms with E-state index in [9.17, 15) is 16.8 Å². The van der Waals surface area contributed by atoms with Gasteiger partial charge in [-0.3, -0.25) is 9.98 Å². The first-order valence-corrected chi connectivity index (χ1v) is 20.2. The molecule has 8 nitrogen and oxygen atoms in total. The molecule has 2 atom stereocenters. The van der Waals surface area contributed by atoms with Gasteiger partial charge in [-0.15, -0.1) is 0 Å². The lowest BCUT2D eigenvalue weighted by atomic mass is 10.1. The Kier molecular flexibility index (Phi) is 9.81. The summed E-state index contributed by atoms with van der Waals surface area (Å²) in [5.74, 6) is 1.07. The van der Waals surface area contributed by atoms with Crippen LogP contribution in [0.2, 0.25) is 0 Å². The second kappa shape index (κ2) is 13.8. The lowest BCUT2D eigenvalue weighted by molar-refractivity contribution is 0.455. The smallest absolute Gasteiger partial charge is 0.262 e. The molecule has 2 aliphatic heterocycles. The maximum Gasteiger partial charge on any atom is 0.265 e. The Balaban J connectivity index is 1.41. The minimum absolute atomic E-state index is 0.129. The molecule has 4 aromatic rings. The van der Waals surface area contributed by atoms with Crippen LogP contribution in [0.4, 0.5) is 0 Å². The highest BCUT2D eigenvalue weighted by Gasteiger charge is 2.39. The second-order valence-corrected chi connectivity index (χ2v) is 18.1. The molecule has 49 heavy (non-hydrogen) atoms. The third-order valence-corrected chi connectivity index (χ3v) is 13.7. The molecule has 0 saturated carbocycles. The number of hydrogen-bond donors (Lipinski definition) is 0. The number of benzene rings is 4. The molecule has 0 bridgehead atoms. The molecule has 0 radical (unpaired) electrons. The Morgan fingerprint density at radius 2 is 0.918 bits per heavy atom. The highest BCUT2D eigenvalue weighted by molar-refractivity contribution is 7.99. The maximum absolute atomic E-state index is 14.1. The lowest BCUT2D eigenvalue weighted by Crippen LogP contribution is -2.37. The van der Waals surface area contributed by atoms with Gasteiger partial charge in [0.15, 0.2) is 0 Å². The van der Waals surface area contributed by atoms with Gasteiger partial charge < -0.3 is 0 Å². The highest BCUT2D eigenvalue weighted by atomic mass is 32.2. The first-order valence-electron chi connectivity index (χ1n) is 16.5. The monoisotopic (exact) mass is 714 g/mol. The van der Waals surface area contributed by atoms with Crippen LogP contribution in [0.25, 0.3) is 0 Å². The van der Waals surface area contributed by atoms with E-state index in [0.29, 0.717) is 22.8 Å². The van der Waals surface area contributed by atoms with E-state index in [4.69, 9.17) is 9.98 Å². The molecular formula is C38H42N4O4S3. The molecule has 0 N–H and O–H groups in total. The predicted octanol–water partition coefficient (Wildman–Crippen LogP) is 7.41. The molecule has 256 valence electrons. The number of sulfonamides is 2. The van der Waals surface area contributed by atoms with E-state index in [-0.39, 0.29) is 46.8 Å². The van der Waals surface area contributed by atoms with Gasteiger partial charge in [0.2, 0.25) is 0 Å². The van der Waals surface area contributed by atoms with Crippen molar-refractivity contribution in [2.24, 2.45) is 21.8 Å². The second-order valence-electron chi connectivity index (χ2n) is 13.3. The molecule has 6 rings (SSSR count). The number of nitrogens with zero attached hydrogens (tertiary/aromatic N) is 4. The minimum Gasteiger partial charge on any atom is -0.262 e. The van der Waals surface area contributed by atoms with E-state index >= 15 is 0 Å². The van der Waals surface area contributed by atoms with E-state index < -0.39 is 20.0 Å². The van der Waals surface area contributed by atoms with Gasteiger partial charge in [-0.1, -0.05) is 111 Å². The Morgan fingerprint density at radius 3 is 1.27 bits per heavy atom. The van der Waals surface area contributed by atoms with Crippen molar-refractivity contribution >= 4 is 43.5 Å². The first-order chi connectivity index (χ1) is 23.3. The van der Waals surface area contributed by atoms with Crippen LogP contribution < -0.4 is 0 Å². The summed E-state index contributed by atoms with van der Waals surface area (Å²) in [6.45, 7) is 12.5. The van der Waals surface area contributed by atoms with Gasteiger partial charge in [-0.25, -0.2) is 25.4 Å². The number of rotatable bonds is 10. The number of aryl methyl sites for hydroxylation is 2. The van der Waals surface area contributed by atoms with Crippen LogP contribution in [0.5, 0.6) is 0 Å². The zero-order chi connectivity index (χ0) is 35.1. The van der Waals surface area contributed by atoms with Crippen LogP contribution in [0.15, 0.2) is 127 Å². The summed E-state index contributed by atoms with van der Waals surface area (Å²) in [5.41, 5.74) is 3.34. The average molecular weight is 715 g/mol. The van der Waals surface area contributed by atoms with Gasteiger partial charge in [-0.05, 0) is 62.1 Å². The summed E-state index contributed by atoms with van der Waals surface area (Å²) in [4.78, 5) is 12.0. The molecular weight excluding hydrogens is 673 g/mol. The van der Waals surface area contributed by atoms with Crippen LogP contribution in [-0.4, -0.2) is 62.3 Å². The van der Waals surface area contributed by atoms with Crippen molar-refractivity contribution in [3.8, 4) is 0 Å². The molecule has 0 aromatic heterocycles. The molecule has 0 aliphatic carbocycles. The molecule has 2 heterocycles. The fraction of sp³-hybridized carbons (Fsp3) is 0.316. The highest BCUT2D eigenvalue weighted by Crippen LogP contribution is 2.38. The summed E-state index contributed by atoms with van der Waals surface area (Å²) >= 11 is 1.45. The third kappa shape index (κ3) is 6.93. The Morgan fingerprint density at radius 1 is 0.571 bits per heavy atom. The Bertz CT molecular complexity index is 1970. The summed E-state index contributed by atoms with van der Waals surface area (Å²) in [6.07, 6.45) is 0. The zero-order valence-electron chi connectivity index (χ0n) is 28.6. The van der Waals surface area contributed by atoms with Gasteiger partial charge >= 0.3 is 0 Å². The molecule has 0 amide bonds. The number of hydrogen-bond acceptors (Lipinski definition) is 7. The van der Waals surface area contributed by atoms with Crippen molar-refractivity contribution in [1.82, 2.24) is 8.61 Å². The fourth-order valence-electron chi connectivity index (χ4n) is 5.86. The third-order valence-electron chi connectivity index (χ3n) is 8.99. The van der Waals surface area contributed by atoms with Gasteiger partial charge in [0.05, 0.1) is 35.0 Å². The number of amidine groups is 2. The van der Waals surface area contributed by atoms with Crippen LogP contribution >= 0.6 is 11.8 Å². The van der Waals surface area contributed by atoms with Gasteiger partial charge in [0.1, 0.15) is 11.7 Å². The van der Waals surface area contributed by atoms with Gasteiger partial charge in [0.25, 0.3) is 20.0 Å². The van der Waals surface area contributed by atoms with Crippen LogP contribution in [0.3, 0.4) is 0 Å². The van der Waals surface area contributed by atoms with Gasteiger partial charge in [0, 0.05) is 20.9 Å². The molecule has 0 spiro atoms. The van der Waals surface area contributed by atoms with E-state index in [0.717, 1.165) is 20.9 Å². The van der Waals surface area contributed by atoms with E-state index in [1.54, 1.807) is 48.5 Å². The fourth-order valence-corrected chi connectivity index (χ4v) is 9.84. The van der Waals surface area contributed by atoms with Crippen molar-refractivity contribution in [1.29, 1.82) is 0 Å². The summed E-state index contributed by atoms with van der Waals surface area (Å²) in [7, 11) is -7.79. The predicted molar refractivity (Wildman–Crippen MR) is 197 cm³/mol. The molecule has 4 aromatic carbocycles. The van der Waals surface area contributed by atoms with Crippen molar-refractivity contribution < 1.29 is 16.8 Å². The standard InChI is InChI=1S/C38H42N4O4S3/c1-25(2)33-23-41(48(43,44)29-19-15-27(5)16-20-29)37(39-33)31-11-7-9-13-35(31)47-36-14-10-8-12-32(36)38-40-34(26(3)4)24-42(38)49(45,46)30-21-17-28(6)18-22-30/h7-22,25-26,33-34H,23-24H2,1-6H3/t33-,34-/m1/s1. The quantitative estimate of drug-likeness (QED) is 0.171.